The average molecular weight is 347 g/mol. The summed E-state index contributed by atoms with van der Waals surface area (Å²) in [5, 5.41) is 10.5. The van der Waals surface area contributed by atoms with Gasteiger partial charge in [-0.05, 0) is 13.0 Å². The minimum Gasteiger partial charge on any atom is -0.475 e. The number of nitrogens with zero attached hydrogens (tertiary/aromatic N) is 5. The Morgan fingerprint density at radius 2 is 2.16 bits per heavy atom. The van der Waals surface area contributed by atoms with Crippen LogP contribution in [0.4, 0.5) is 0 Å². The van der Waals surface area contributed by atoms with E-state index >= 15 is 0 Å². The second-order valence-electron chi connectivity index (χ2n) is 5.16. The van der Waals surface area contributed by atoms with Crippen molar-refractivity contribution in [1.82, 2.24) is 30.4 Å². The van der Waals surface area contributed by atoms with Crippen molar-refractivity contribution in [2.24, 2.45) is 12.0 Å². The van der Waals surface area contributed by atoms with Gasteiger partial charge in [-0.25, -0.2) is 15.0 Å². The van der Waals surface area contributed by atoms with Crippen LogP contribution in [0.25, 0.3) is 0 Å². The number of aromatic nitrogens is 4. The first-order chi connectivity index (χ1) is 12.2. The quantitative estimate of drug-likeness (QED) is 0.387. The van der Waals surface area contributed by atoms with E-state index in [0.29, 0.717) is 38.1 Å². The molecule has 0 saturated heterocycles. The third-order valence-electron chi connectivity index (χ3n) is 3.35. The smallest absolute Gasteiger partial charge is 0.218 e. The number of nitrogens with one attached hydrogen (secondary N) is 2. The topological polar surface area (TPSA) is 98.5 Å². The molecule has 0 saturated carbocycles. The fraction of sp³-hybridized carbons (Fsp3) is 0.500. The van der Waals surface area contributed by atoms with Crippen LogP contribution in [0.2, 0.25) is 0 Å². The third-order valence-corrected chi connectivity index (χ3v) is 3.35. The first kappa shape index (κ1) is 18.7. The summed E-state index contributed by atoms with van der Waals surface area (Å²) in [4.78, 5) is 13.0. The summed E-state index contributed by atoms with van der Waals surface area (Å²) in [6, 6.07) is 3.82. The SMILES string of the molecule is CCNC(=NCc1cccnc1OCCOC)NCc1ncnn1C. The Morgan fingerprint density at radius 3 is 2.88 bits per heavy atom. The van der Waals surface area contributed by atoms with Crippen molar-refractivity contribution in [2.75, 3.05) is 26.9 Å². The number of ether oxygens (including phenoxy) is 2. The molecule has 0 aliphatic rings. The van der Waals surface area contributed by atoms with Crippen LogP contribution in [-0.2, 0) is 24.9 Å². The fourth-order valence-electron chi connectivity index (χ4n) is 2.05. The lowest BCUT2D eigenvalue weighted by Gasteiger charge is -2.12. The van der Waals surface area contributed by atoms with Gasteiger partial charge in [-0.15, -0.1) is 0 Å². The van der Waals surface area contributed by atoms with E-state index in [4.69, 9.17) is 9.47 Å². The zero-order chi connectivity index (χ0) is 17.9. The second kappa shape index (κ2) is 10.2. The molecular formula is C16H25N7O2. The zero-order valence-electron chi connectivity index (χ0n) is 14.9. The van der Waals surface area contributed by atoms with Gasteiger partial charge in [0.05, 0.1) is 19.7 Å². The van der Waals surface area contributed by atoms with Crippen molar-refractivity contribution in [3.05, 3.63) is 36.0 Å². The van der Waals surface area contributed by atoms with Crippen LogP contribution in [0, 0.1) is 0 Å². The van der Waals surface area contributed by atoms with Gasteiger partial charge >= 0.3 is 0 Å². The number of hydrogen-bond donors (Lipinski definition) is 2. The summed E-state index contributed by atoms with van der Waals surface area (Å²) in [7, 11) is 3.49. The van der Waals surface area contributed by atoms with Gasteiger partial charge in [0.1, 0.15) is 18.8 Å². The molecule has 2 heterocycles. The molecule has 0 bridgehead atoms. The van der Waals surface area contributed by atoms with Gasteiger partial charge < -0.3 is 20.1 Å². The number of rotatable bonds is 9. The Hall–Kier alpha value is -2.68. The molecule has 2 aromatic heterocycles. The molecule has 0 amide bonds. The molecule has 0 radical (unpaired) electrons. The molecule has 0 aliphatic carbocycles. The fourth-order valence-corrected chi connectivity index (χ4v) is 2.05. The monoisotopic (exact) mass is 347 g/mol. The minimum absolute atomic E-state index is 0.449. The number of aliphatic imine (C=N–C) groups is 1. The van der Waals surface area contributed by atoms with Crippen LogP contribution < -0.4 is 15.4 Å². The predicted molar refractivity (Wildman–Crippen MR) is 94.3 cm³/mol. The number of pyridine rings is 1. The Kier molecular flexibility index (Phi) is 7.64. The van der Waals surface area contributed by atoms with Crippen molar-refractivity contribution >= 4 is 5.96 Å². The minimum atomic E-state index is 0.449. The molecule has 0 atom stereocenters. The lowest BCUT2D eigenvalue weighted by Crippen LogP contribution is -2.37. The zero-order valence-corrected chi connectivity index (χ0v) is 14.9. The maximum absolute atomic E-state index is 5.64. The van der Waals surface area contributed by atoms with E-state index in [0.717, 1.165) is 17.9 Å². The first-order valence-corrected chi connectivity index (χ1v) is 8.15. The summed E-state index contributed by atoms with van der Waals surface area (Å²) < 4.78 is 12.4. The van der Waals surface area contributed by atoms with Crippen LogP contribution in [0.1, 0.15) is 18.3 Å². The van der Waals surface area contributed by atoms with Crippen molar-refractivity contribution < 1.29 is 9.47 Å². The van der Waals surface area contributed by atoms with Gasteiger partial charge in [-0.2, -0.15) is 5.10 Å². The lowest BCUT2D eigenvalue weighted by molar-refractivity contribution is 0.143. The van der Waals surface area contributed by atoms with Crippen molar-refractivity contribution in [3.63, 3.8) is 0 Å². The highest BCUT2D eigenvalue weighted by Crippen LogP contribution is 2.15. The molecule has 2 aromatic rings. The Labute approximate surface area is 147 Å². The van der Waals surface area contributed by atoms with E-state index in [2.05, 4.69) is 30.7 Å². The first-order valence-electron chi connectivity index (χ1n) is 8.15. The highest BCUT2D eigenvalue weighted by Gasteiger charge is 2.06. The Morgan fingerprint density at radius 1 is 1.28 bits per heavy atom. The van der Waals surface area contributed by atoms with Crippen molar-refractivity contribution in [2.45, 2.75) is 20.0 Å². The van der Waals surface area contributed by atoms with Crippen LogP contribution in [-0.4, -0.2) is 52.6 Å². The second-order valence-corrected chi connectivity index (χ2v) is 5.16. The number of guanidine groups is 1. The Balaban J connectivity index is 1.99. The van der Waals surface area contributed by atoms with Gasteiger partial charge in [0, 0.05) is 32.5 Å². The molecular weight excluding hydrogens is 322 g/mol. The summed E-state index contributed by atoms with van der Waals surface area (Å²) in [6.07, 6.45) is 3.23. The maximum atomic E-state index is 5.64. The maximum Gasteiger partial charge on any atom is 0.218 e. The molecule has 136 valence electrons. The van der Waals surface area contributed by atoms with Crippen molar-refractivity contribution in [3.8, 4) is 5.88 Å². The van der Waals surface area contributed by atoms with Gasteiger partial charge in [-0.1, -0.05) is 6.07 Å². The van der Waals surface area contributed by atoms with Gasteiger partial charge in [0.25, 0.3) is 0 Å². The average Bonchev–Trinajstić information content (AvgIpc) is 3.03. The number of aryl methyl sites for hydroxylation is 1. The highest BCUT2D eigenvalue weighted by atomic mass is 16.5. The van der Waals surface area contributed by atoms with Crippen LogP contribution in [0.3, 0.4) is 0 Å². The normalized spacial score (nSPS) is 11.4. The van der Waals surface area contributed by atoms with E-state index in [1.807, 2.05) is 26.1 Å². The summed E-state index contributed by atoms with van der Waals surface area (Å²) in [6.45, 7) is 4.73. The molecule has 25 heavy (non-hydrogen) atoms. The van der Waals surface area contributed by atoms with Gasteiger partial charge in [0.2, 0.25) is 5.88 Å². The molecule has 0 spiro atoms. The molecule has 0 aliphatic heterocycles. The molecule has 0 unspecified atom stereocenters. The molecule has 0 fully saturated rings. The summed E-state index contributed by atoms with van der Waals surface area (Å²) in [5.74, 6) is 2.10. The number of hydrogen-bond acceptors (Lipinski definition) is 6. The molecule has 2 rings (SSSR count). The molecule has 0 aromatic carbocycles. The summed E-state index contributed by atoms with van der Waals surface area (Å²) >= 11 is 0. The molecule has 9 nitrogen and oxygen atoms in total. The van der Waals surface area contributed by atoms with Crippen molar-refractivity contribution in [1.29, 1.82) is 0 Å². The van der Waals surface area contributed by atoms with E-state index in [9.17, 15) is 0 Å². The number of methoxy groups -OCH3 is 1. The third kappa shape index (κ3) is 6.03. The standard InChI is InChI=1S/C16H25N7O2/c1-4-17-16(20-11-14-21-12-22-23(14)2)19-10-13-6-5-7-18-15(13)25-9-8-24-3/h5-7,12H,4,8-11H2,1-3H3,(H2,17,19,20). The molecule has 9 heteroatoms. The van der Waals surface area contributed by atoms with Gasteiger partial charge in [0.15, 0.2) is 5.96 Å². The van der Waals surface area contributed by atoms with E-state index < -0.39 is 0 Å². The molecule has 2 N–H and O–H groups in total. The summed E-state index contributed by atoms with van der Waals surface area (Å²) in [5.41, 5.74) is 0.912. The Bertz CT molecular complexity index is 672. The van der Waals surface area contributed by atoms with E-state index in [1.165, 1.54) is 6.33 Å². The lowest BCUT2D eigenvalue weighted by atomic mass is 10.3. The largest absolute Gasteiger partial charge is 0.475 e. The predicted octanol–water partition coefficient (Wildman–Crippen LogP) is 0.491. The van der Waals surface area contributed by atoms with Crippen LogP contribution in [0.5, 0.6) is 5.88 Å². The van der Waals surface area contributed by atoms with E-state index in [-0.39, 0.29) is 0 Å². The highest BCUT2D eigenvalue weighted by molar-refractivity contribution is 5.79. The van der Waals surface area contributed by atoms with Crippen LogP contribution >= 0.6 is 0 Å². The van der Waals surface area contributed by atoms with Gasteiger partial charge in [-0.3, -0.25) is 4.68 Å². The van der Waals surface area contributed by atoms with Crippen LogP contribution in [0.15, 0.2) is 29.6 Å². The van der Waals surface area contributed by atoms with E-state index in [1.54, 1.807) is 18.0 Å².